The van der Waals surface area contributed by atoms with E-state index in [1.807, 2.05) is 0 Å². The minimum atomic E-state index is -0.553. The van der Waals surface area contributed by atoms with Gasteiger partial charge in [0.15, 0.2) is 6.79 Å². The summed E-state index contributed by atoms with van der Waals surface area (Å²) in [6.07, 6.45) is 15.0. The normalized spacial score (nSPS) is 51.4. The van der Waals surface area contributed by atoms with Gasteiger partial charge in [-0.15, -0.1) is 0 Å². The molecule has 0 aromatic heterocycles. The Kier molecular flexibility index (Phi) is 6.23. The van der Waals surface area contributed by atoms with Crippen LogP contribution in [0.25, 0.3) is 0 Å². The molecule has 5 nitrogen and oxygen atoms in total. The van der Waals surface area contributed by atoms with Crippen molar-refractivity contribution in [1.82, 2.24) is 0 Å². The van der Waals surface area contributed by atoms with Crippen LogP contribution in [0.2, 0.25) is 0 Å². The Morgan fingerprint density at radius 2 is 1.85 bits per heavy atom. The lowest BCUT2D eigenvalue weighted by Crippen LogP contribution is -2.63. The fourth-order valence-electron chi connectivity index (χ4n) is 9.36. The molecule has 4 fully saturated rings. The van der Waals surface area contributed by atoms with Crippen LogP contribution in [0.4, 0.5) is 0 Å². The molecule has 10 atom stereocenters. The fourth-order valence-corrected chi connectivity index (χ4v) is 9.36. The second-order valence-electron chi connectivity index (χ2n) is 12.4. The third kappa shape index (κ3) is 3.72. The summed E-state index contributed by atoms with van der Waals surface area (Å²) in [7, 11) is 0. The van der Waals surface area contributed by atoms with Crippen LogP contribution >= 0.6 is 0 Å². The van der Waals surface area contributed by atoms with Crippen molar-refractivity contribution >= 4 is 5.97 Å². The van der Waals surface area contributed by atoms with E-state index in [0.29, 0.717) is 29.6 Å². The highest BCUT2D eigenvalue weighted by Gasteiger charge is 2.68. The van der Waals surface area contributed by atoms with Crippen molar-refractivity contribution in [2.45, 2.75) is 103 Å². The van der Waals surface area contributed by atoms with Crippen LogP contribution in [0.15, 0.2) is 12.2 Å². The zero-order valence-electron chi connectivity index (χ0n) is 21.1. The molecule has 5 aliphatic rings. The Bertz CT molecular complexity index is 780. The average molecular weight is 461 g/mol. The Morgan fingerprint density at radius 3 is 2.61 bits per heavy atom. The molecule has 0 radical (unpaired) electrons. The lowest BCUT2D eigenvalue weighted by atomic mass is 9.43. The Morgan fingerprint density at radius 1 is 1.06 bits per heavy atom. The van der Waals surface area contributed by atoms with Crippen LogP contribution in [0.1, 0.15) is 85.5 Å². The molecule has 4 aliphatic carbocycles. The first kappa shape index (κ1) is 23.8. The lowest BCUT2D eigenvalue weighted by Gasteiger charge is -2.64. The lowest BCUT2D eigenvalue weighted by molar-refractivity contribution is -0.218. The zero-order chi connectivity index (χ0) is 23.4. The molecule has 0 amide bonds. The van der Waals surface area contributed by atoms with E-state index in [1.54, 1.807) is 0 Å². The number of aliphatic hydroxyl groups is 1. The minimum absolute atomic E-state index is 0.0222. The van der Waals surface area contributed by atoms with E-state index in [2.05, 4.69) is 32.9 Å². The van der Waals surface area contributed by atoms with Crippen LogP contribution in [0, 0.1) is 40.4 Å². The average Bonchev–Trinajstić information content (AvgIpc) is 3.05. The maximum absolute atomic E-state index is 12.4. The highest BCUT2D eigenvalue weighted by Crippen LogP contribution is 2.70. The molecular formula is C28H44O5. The van der Waals surface area contributed by atoms with Gasteiger partial charge in [0.25, 0.3) is 0 Å². The van der Waals surface area contributed by atoms with Crippen molar-refractivity contribution in [3.8, 4) is 0 Å². The van der Waals surface area contributed by atoms with Crippen molar-refractivity contribution in [2.75, 3.05) is 13.4 Å². The molecule has 1 aliphatic heterocycles. The van der Waals surface area contributed by atoms with E-state index >= 15 is 0 Å². The van der Waals surface area contributed by atoms with Gasteiger partial charge in [-0.2, -0.15) is 0 Å². The molecule has 186 valence electrons. The molecule has 0 aromatic rings. The summed E-state index contributed by atoms with van der Waals surface area (Å²) < 4.78 is 16.9. The SMILES string of the molecule is CC(=O)OCOC1CCC2(C)C(CCC3C2CCC2(C)C(C4C=CCOC4C)CCC32O)C1. The molecule has 0 saturated heterocycles. The smallest absolute Gasteiger partial charge is 0.304 e. The monoisotopic (exact) mass is 460 g/mol. The zero-order valence-corrected chi connectivity index (χ0v) is 21.1. The van der Waals surface area contributed by atoms with Gasteiger partial charge in [-0.05, 0) is 93.8 Å². The third-order valence-electron chi connectivity index (χ3n) is 11.3. The van der Waals surface area contributed by atoms with Gasteiger partial charge < -0.3 is 19.3 Å². The van der Waals surface area contributed by atoms with Crippen molar-refractivity contribution in [3.05, 3.63) is 12.2 Å². The first-order valence-corrected chi connectivity index (χ1v) is 13.4. The third-order valence-corrected chi connectivity index (χ3v) is 11.3. The maximum atomic E-state index is 12.4. The number of esters is 1. The number of carbonyl (C=O) groups excluding carboxylic acids is 1. The predicted octanol–water partition coefficient (Wildman–Crippen LogP) is 5.26. The number of hydrogen-bond acceptors (Lipinski definition) is 5. The summed E-state index contributed by atoms with van der Waals surface area (Å²) in [5.74, 6) is 2.28. The van der Waals surface area contributed by atoms with Crippen molar-refractivity contribution in [1.29, 1.82) is 0 Å². The molecule has 5 rings (SSSR count). The molecule has 10 unspecified atom stereocenters. The molecule has 1 N–H and O–H groups in total. The maximum Gasteiger partial charge on any atom is 0.304 e. The van der Waals surface area contributed by atoms with Crippen LogP contribution in [-0.4, -0.2) is 42.3 Å². The van der Waals surface area contributed by atoms with Crippen LogP contribution in [0.3, 0.4) is 0 Å². The summed E-state index contributed by atoms with van der Waals surface area (Å²) in [6.45, 7) is 9.36. The second kappa shape index (κ2) is 8.64. The molecule has 0 aromatic carbocycles. The Balaban J connectivity index is 1.32. The fraction of sp³-hybridized carbons (Fsp3) is 0.893. The number of fused-ring (bicyclic) bond motifs is 5. The number of rotatable bonds is 4. The Labute approximate surface area is 199 Å². The summed E-state index contributed by atoms with van der Waals surface area (Å²) in [5, 5.41) is 12.4. The molecule has 1 heterocycles. The minimum Gasteiger partial charge on any atom is -0.439 e. The first-order chi connectivity index (χ1) is 15.7. The van der Waals surface area contributed by atoms with Gasteiger partial charge in [0.05, 0.1) is 24.4 Å². The molecule has 5 heteroatoms. The molecular weight excluding hydrogens is 416 g/mol. The Hall–Kier alpha value is -0.910. The number of carbonyl (C=O) groups is 1. The molecule has 0 spiro atoms. The largest absolute Gasteiger partial charge is 0.439 e. The van der Waals surface area contributed by atoms with Crippen molar-refractivity contribution < 1.29 is 24.1 Å². The van der Waals surface area contributed by atoms with Gasteiger partial charge in [-0.25, -0.2) is 0 Å². The van der Waals surface area contributed by atoms with Crippen molar-refractivity contribution in [2.24, 2.45) is 40.4 Å². The summed E-state index contributed by atoms with van der Waals surface area (Å²) in [4.78, 5) is 11.1. The van der Waals surface area contributed by atoms with Crippen LogP contribution < -0.4 is 0 Å². The van der Waals surface area contributed by atoms with E-state index < -0.39 is 5.60 Å². The summed E-state index contributed by atoms with van der Waals surface area (Å²) in [6, 6.07) is 0. The quantitative estimate of drug-likeness (QED) is 0.352. The van der Waals surface area contributed by atoms with Gasteiger partial charge in [0, 0.05) is 18.3 Å². The predicted molar refractivity (Wildman–Crippen MR) is 126 cm³/mol. The standard InChI is InChI=1S/C28H44O5/c1-18-22(6-5-15-31-18)23-11-14-28(30)25-8-7-20-16-21(33-17-32-19(2)29)9-12-26(20,3)24(25)10-13-27(23,28)4/h5-6,18,20-25,30H,7-17H2,1-4H3. The summed E-state index contributed by atoms with van der Waals surface area (Å²) in [5.41, 5.74) is -0.297. The van der Waals surface area contributed by atoms with E-state index in [4.69, 9.17) is 14.2 Å². The van der Waals surface area contributed by atoms with Gasteiger partial charge in [-0.3, -0.25) is 4.79 Å². The summed E-state index contributed by atoms with van der Waals surface area (Å²) >= 11 is 0. The van der Waals surface area contributed by atoms with E-state index in [9.17, 15) is 9.90 Å². The van der Waals surface area contributed by atoms with Crippen molar-refractivity contribution in [3.63, 3.8) is 0 Å². The number of hydrogen-bond donors (Lipinski definition) is 1. The van der Waals surface area contributed by atoms with Crippen LogP contribution in [-0.2, 0) is 19.0 Å². The van der Waals surface area contributed by atoms with Gasteiger partial charge in [0.1, 0.15) is 0 Å². The molecule has 33 heavy (non-hydrogen) atoms. The van der Waals surface area contributed by atoms with Crippen LogP contribution in [0.5, 0.6) is 0 Å². The topological polar surface area (TPSA) is 65.0 Å². The highest BCUT2D eigenvalue weighted by molar-refractivity contribution is 5.65. The first-order valence-electron chi connectivity index (χ1n) is 13.4. The number of ether oxygens (including phenoxy) is 3. The van der Waals surface area contributed by atoms with E-state index in [0.717, 1.165) is 51.6 Å². The van der Waals surface area contributed by atoms with E-state index in [-0.39, 0.29) is 35.8 Å². The van der Waals surface area contributed by atoms with Gasteiger partial charge >= 0.3 is 5.97 Å². The highest BCUT2D eigenvalue weighted by atomic mass is 16.7. The van der Waals surface area contributed by atoms with Gasteiger partial charge in [0.2, 0.25) is 0 Å². The molecule has 0 bridgehead atoms. The van der Waals surface area contributed by atoms with Gasteiger partial charge in [-0.1, -0.05) is 26.0 Å². The van der Waals surface area contributed by atoms with E-state index in [1.165, 1.54) is 19.8 Å². The molecule has 4 saturated carbocycles. The second-order valence-corrected chi connectivity index (χ2v) is 12.4.